The molecule has 4 aliphatic heterocycles. The molecule has 0 spiro atoms. The van der Waals surface area contributed by atoms with Crippen molar-refractivity contribution < 1.29 is 128 Å². The van der Waals surface area contributed by atoms with E-state index in [0.717, 1.165) is 5.57 Å². The fraction of sp³-hybridized carbons (Fsp3) is 0.857. The molecule has 9 aliphatic rings. The van der Waals surface area contributed by atoms with Gasteiger partial charge in [0.2, 0.25) is 0 Å². The molecule has 0 aromatic rings. The van der Waals surface area contributed by atoms with Crippen LogP contribution in [0.4, 0.5) is 0 Å². The Morgan fingerprint density at radius 1 is 0.607 bits per heavy atom. The van der Waals surface area contributed by atoms with Gasteiger partial charge in [-0.25, -0.2) is 14.4 Å². The van der Waals surface area contributed by atoms with E-state index in [1.807, 2.05) is 27.7 Å². The van der Waals surface area contributed by atoms with Gasteiger partial charge in [0.1, 0.15) is 67.1 Å². The maximum atomic E-state index is 13.3. The number of aliphatic carboxylic acids is 1. The van der Waals surface area contributed by atoms with Crippen LogP contribution in [0.2, 0.25) is 0 Å². The first-order chi connectivity index (χ1) is 41.6. The predicted molar refractivity (Wildman–Crippen MR) is 307 cm³/mol. The number of rotatable bonds is 16. The van der Waals surface area contributed by atoms with Gasteiger partial charge < -0.3 is 114 Å². The topological polar surface area (TPSA) is 407 Å². The number of carboxylic acid groups (broad SMARTS) is 1. The molecule has 8 fully saturated rings. The quantitative estimate of drug-likeness (QED) is 0.0423. The fourth-order valence-electron chi connectivity index (χ4n) is 17.6. The van der Waals surface area contributed by atoms with Crippen molar-refractivity contribution in [1.82, 2.24) is 0 Å². The Labute approximate surface area is 518 Å². The van der Waals surface area contributed by atoms with E-state index in [1.165, 1.54) is 13.0 Å². The number of carboxylic acids is 1. The molecule has 9 rings (SSSR count). The zero-order valence-electron chi connectivity index (χ0n) is 52.9. The van der Waals surface area contributed by atoms with Gasteiger partial charge in [0.15, 0.2) is 43.5 Å². The van der Waals surface area contributed by atoms with E-state index in [4.69, 9.17) is 47.4 Å². The van der Waals surface area contributed by atoms with Gasteiger partial charge in [-0.1, -0.05) is 72.3 Å². The first-order valence-corrected chi connectivity index (χ1v) is 31.4. The summed E-state index contributed by atoms with van der Waals surface area (Å²) < 4.78 is 61.1. The molecular weight excluding hydrogens is 1170 g/mol. The molecule has 0 bridgehead atoms. The SMILES string of the molecule is CC=C(C)C(=O)O[C@@H]1C(O)[C@H](O[C@H]2[C@H](O)[C@@]3(CO)C(CC2(C)C)C2=CCC4[C@@]5(C)CC[C@H](O[C@@H]6OC(C(=O)O)[C@@H](O)[C@@H](O[C@@H]7O[C@@H](CO)C(O)[C@@H]7O)C6O[C@@H]6OC(CO)[C@H](O)[C@@H](O)C6O)C(C)(C)C5CC[C@@]4(C)[C@]2(C)C[C@H]3O)OC(C)[C@@H]1OC(=O)C(C)=CC. The molecule has 0 radical (unpaired) electrons. The van der Waals surface area contributed by atoms with Gasteiger partial charge in [-0.2, -0.15) is 0 Å². The number of ether oxygens (including phenoxy) is 10. The largest absolute Gasteiger partial charge is 0.479 e. The number of aliphatic hydroxyl groups is 12. The molecule has 10 unspecified atom stereocenters. The zero-order valence-corrected chi connectivity index (χ0v) is 52.9. The molecule has 13 N–H and O–H groups in total. The van der Waals surface area contributed by atoms with Gasteiger partial charge in [0.05, 0.1) is 55.8 Å². The third kappa shape index (κ3) is 11.6. The van der Waals surface area contributed by atoms with Crippen molar-refractivity contribution in [3.05, 3.63) is 34.9 Å². The molecule has 26 nitrogen and oxygen atoms in total. The average molecular weight is 1270 g/mol. The van der Waals surface area contributed by atoms with Crippen LogP contribution in [0.5, 0.6) is 0 Å². The monoisotopic (exact) mass is 1270 g/mol. The van der Waals surface area contributed by atoms with E-state index < -0.39 is 217 Å². The standard InChI is InChI=1S/C63H98O26/c1-13-26(3)52(78)84-44-28(5)80-56(43(74)46(44)85-53(79)27(4)14-2)89-50-49(75)63(25-66)30(21-58(50,6)7)29-15-16-34-60(10)19-18-36(59(8,9)33(60)17-20-61(34,11)62(29,12)22-35(63)67)83-57-48(88-55-41(72)39(70)37(68)31(23-64)81-55)45(42(73)47(87-57)51(76)77)86-54-40(71)38(69)32(24-65)82-54/h13-15,28,30-50,54-57,64-75H,16-25H2,1-12H3,(H,76,77)/t28?,30?,31?,32-,33?,34?,35+,36-,37-,38?,39+,40-,41?,42-,43?,44-,45+,46+,47?,48?,49-,50-,54-,55-,56-,57+,60-,61+,62+,63-/m0/s1. The number of hydrogen-bond acceptors (Lipinski definition) is 25. The number of carbonyl (C=O) groups excluding carboxylic acids is 2. The van der Waals surface area contributed by atoms with Crippen molar-refractivity contribution >= 4 is 17.9 Å². The number of aliphatic hydroxyl groups excluding tert-OH is 12. The summed E-state index contributed by atoms with van der Waals surface area (Å²) in [5.74, 6) is -3.81. The van der Waals surface area contributed by atoms with Gasteiger partial charge in [0.25, 0.3) is 0 Å². The van der Waals surface area contributed by atoms with Gasteiger partial charge in [-0.15, -0.1) is 0 Å². The van der Waals surface area contributed by atoms with Crippen LogP contribution < -0.4 is 0 Å². The lowest BCUT2D eigenvalue weighted by molar-refractivity contribution is -0.386. The molecule has 5 aliphatic carbocycles. The highest BCUT2D eigenvalue weighted by atomic mass is 16.8. The number of hydrogen-bond donors (Lipinski definition) is 13. The summed E-state index contributed by atoms with van der Waals surface area (Å²) in [6, 6.07) is 0. The summed E-state index contributed by atoms with van der Waals surface area (Å²) in [7, 11) is 0. The Morgan fingerprint density at radius 2 is 1.16 bits per heavy atom. The number of allylic oxidation sites excluding steroid dienone is 4. The van der Waals surface area contributed by atoms with Crippen LogP contribution in [0, 0.1) is 50.2 Å². The minimum Gasteiger partial charge on any atom is -0.479 e. The third-order valence-electron chi connectivity index (χ3n) is 23.3. The van der Waals surface area contributed by atoms with Crippen molar-refractivity contribution in [3.63, 3.8) is 0 Å². The maximum absolute atomic E-state index is 13.3. The number of fused-ring (bicyclic) bond motifs is 7. The lowest BCUT2D eigenvalue weighted by Crippen LogP contribution is -2.72. The Hall–Kier alpha value is -3.17. The van der Waals surface area contributed by atoms with Crippen LogP contribution in [0.3, 0.4) is 0 Å². The second kappa shape index (κ2) is 25.9. The lowest BCUT2D eigenvalue weighted by Gasteiger charge is -2.72. The van der Waals surface area contributed by atoms with Gasteiger partial charge >= 0.3 is 17.9 Å². The second-order valence-corrected chi connectivity index (χ2v) is 28.8. The molecule has 4 saturated carbocycles. The van der Waals surface area contributed by atoms with Crippen molar-refractivity contribution in [2.75, 3.05) is 19.8 Å². The molecule has 4 heterocycles. The molecule has 4 saturated heterocycles. The summed E-state index contributed by atoms with van der Waals surface area (Å²) in [6.45, 7) is 20.4. The summed E-state index contributed by atoms with van der Waals surface area (Å²) in [4.78, 5) is 39.3. The van der Waals surface area contributed by atoms with Gasteiger partial charge in [0, 0.05) is 11.1 Å². The molecular formula is C63H98O26. The molecule has 89 heavy (non-hydrogen) atoms. The van der Waals surface area contributed by atoms with Gasteiger partial charge in [-0.3, -0.25) is 0 Å². The molecule has 0 aromatic heterocycles. The van der Waals surface area contributed by atoms with E-state index in [1.54, 1.807) is 33.8 Å². The molecule has 30 atom stereocenters. The summed E-state index contributed by atoms with van der Waals surface area (Å²) in [6.07, 6.45) is -28.5. The highest BCUT2D eigenvalue weighted by Gasteiger charge is 2.73. The maximum Gasteiger partial charge on any atom is 0.335 e. The Balaban J connectivity index is 0.986. The van der Waals surface area contributed by atoms with E-state index in [9.17, 15) is 80.8 Å². The van der Waals surface area contributed by atoms with Crippen LogP contribution in [0.15, 0.2) is 34.9 Å². The number of esters is 2. The van der Waals surface area contributed by atoms with E-state index >= 15 is 0 Å². The second-order valence-electron chi connectivity index (χ2n) is 28.8. The van der Waals surface area contributed by atoms with E-state index in [0.29, 0.717) is 38.5 Å². The van der Waals surface area contributed by atoms with Crippen LogP contribution in [0.25, 0.3) is 0 Å². The van der Waals surface area contributed by atoms with Crippen molar-refractivity contribution in [2.45, 2.75) is 269 Å². The highest BCUT2D eigenvalue weighted by molar-refractivity contribution is 5.88. The fourth-order valence-corrected chi connectivity index (χ4v) is 17.6. The zero-order chi connectivity index (χ0) is 65.7. The minimum absolute atomic E-state index is 0.0156. The van der Waals surface area contributed by atoms with E-state index in [-0.39, 0.29) is 29.4 Å². The lowest BCUT2D eigenvalue weighted by atomic mass is 9.33. The summed E-state index contributed by atoms with van der Waals surface area (Å²) in [5, 5.41) is 146. The average Bonchev–Trinajstić information content (AvgIpc) is 0.921. The van der Waals surface area contributed by atoms with E-state index in [2.05, 4.69) is 26.8 Å². The van der Waals surface area contributed by atoms with Crippen LogP contribution in [-0.2, 0) is 61.8 Å². The highest BCUT2D eigenvalue weighted by Crippen LogP contribution is 2.76. The van der Waals surface area contributed by atoms with Crippen LogP contribution in [-0.4, -0.2) is 245 Å². The predicted octanol–water partition coefficient (Wildman–Crippen LogP) is 0.144. The molecule has 506 valence electrons. The minimum atomic E-state index is -2.12. The van der Waals surface area contributed by atoms with Crippen molar-refractivity contribution in [2.24, 2.45) is 50.2 Å². The first kappa shape index (κ1) is 70.2. The molecule has 26 heteroatoms. The van der Waals surface area contributed by atoms with Crippen molar-refractivity contribution in [1.29, 1.82) is 0 Å². The summed E-state index contributed by atoms with van der Waals surface area (Å²) >= 11 is 0. The Bertz CT molecular complexity index is 2660. The normalized spacial score (nSPS) is 49.7. The Kier molecular flexibility index (Phi) is 20.4. The number of carbonyl (C=O) groups is 3. The Morgan fingerprint density at radius 3 is 1.72 bits per heavy atom. The van der Waals surface area contributed by atoms with Crippen molar-refractivity contribution in [3.8, 4) is 0 Å². The first-order valence-electron chi connectivity index (χ1n) is 31.4. The smallest absolute Gasteiger partial charge is 0.335 e. The molecule has 0 aromatic carbocycles. The molecule has 0 amide bonds. The van der Waals surface area contributed by atoms with Gasteiger partial charge in [-0.05, 0) is 124 Å². The summed E-state index contributed by atoms with van der Waals surface area (Å²) in [5.41, 5.74) is -3.33. The van der Waals surface area contributed by atoms with Crippen LogP contribution >= 0.6 is 0 Å². The third-order valence-corrected chi connectivity index (χ3v) is 23.3. The van der Waals surface area contributed by atoms with Crippen LogP contribution in [0.1, 0.15) is 128 Å².